The van der Waals surface area contributed by atoms with Gasteiger partial charge < -0.3 is 14.7 Å². The first-order valence-corrected chi connectivity index (χ1v) is 8.44. The highest BCUT2D eigenvalue weighted by molar-refractivity contribution is 6.30. The Morgan fingerprint density at radius 1 is 1.35 bits per heavy atom. The van der Waals surface area contributed by atoms with Crippen molar-refractivity contribution in [2.24, 2.45) is 5.41 Å². The third kappa shape index (κ3) is 2.83. The maximum atomic E-state index is 12.3. The Bertz CT molecular complexity index is 610. The van der Waals surface area contributed by atoms with Crippen LogP contribution in [0.5, 0.6) is 0 Å². The van der Waals surface area contributed by atoms with Crippen molar-refractivity contribution in [2.75, 3.05) is 19.7 Å². The Kier molecular flexibility index (Phi) is 3.88. The molecular formula is C18H24ClNO3. The lowest BCUT2D eigenvalue weighted by molar-refractivity contribution is 0.00891. The number of rotatable bonds is 2. The summed E-state index contributed by atoms with van der Waals surface area (Å²) in [6, 6.07) is 7.88. The molecule has 1 aliphatic carbocycles. The molecule has 2 unspecified atom stereocenters. The van der Waals surface area contributed by atoms with E-state index in [9.17, 15) is 9.90 Å². The number of likely N-dealkylation sites (tertiary alicyclic amines) is 1. The second-order valence-electron chi connectivity index (χ2n) is 7.86. The number of ether oxygens (including phenoxy) is 1. The first-order valence-electron chi connectivity index (χ1n) is 8.06. The number of amides is 1. The van der Waals surface area contributed by atoms with E-state index < -0.39 is 5.60 Å². The first kappa shape index (κ1) is 16.6. The standard InChI is InChI=1S/C18H24ClNO3/c1-16(2,3)23-15(22)20-9-8-18(10-17(18,11-20)12-21)13-4-6-14(19)7-5-13/h4-7,21H,8-12H2,1-3H3. The van der Waals surface area contributed by atoms with Gasteiger partial charge in [-0.2, -0.15) is 0 Å². The van der Waals surface area contributed by atoms with Crippen molar-refractivity contribution in [1.29, 1.82) is 0 Å². The number of fused-ring (bicyclic) bond motifs is 1. The third-order valence-corrected chi connectivity index (χ3v) is 5.44. The molecule has 1 amide bonds. The average molecular weight is 338 g/mol. The van der Waals surface area contributed by atoms with Crippen molar-refractivity contribution in [1.82, 2.24) is 4.90 Å². The molecule has 126 valence electrons. The van der Waals surface area contributed by atoms with Crippen LogP contribution in [0, 0.1) is 5.41 Å². The van der Waals surface area contributed by atoms with Gasteiger partial charge in [0, 0.05) is 28.9 Å². The van der Waals surface area contributed by atoms with Crippen molar-refractivity contribution in [2.45, 2.75) is 44.6 Å². The fraction of sp³-hybridized carbons (Fsp3) is 0.611. The molecular weight excluding hydrogens is 314 g/mol. The summed E-state index contributed by atoms with van der Waals surface area (Å²) in [4.78, 5) is 14.1. The molecule has 2 atom stereocenters. The predicted octanol–water partition coefficient (Wildman–Crippen LogP) is 3.60. The van der Waals surface area contributed by atoms with Crippen molar-refractivity contribution < 1.29 is 14.6 Å². The second-order valence-corrected chi connectivity index (χ2v) is 8.29. The molecule has 0 aromatic heterocycles. The number of aliphatic hydroxyl groups is 1. The molecule has 4 nitrogen and oxygen atoms in total. The molecule has 5 heteroatoms. The zero-order chi connectivity index (χ0) is 16.9. The van der Waals surface area contributed by atoms with E-state index in [4.69, 9.17) is 16.3 Å². The van der Waals surface area contributed by atoms with Crippen LogP contribution < -0.4 is 0 Å². The van der Waals surface area contributed by atoms with Crippen LogP contribution in [0.1, 0.15) is 39.2 Å². The van der Waals surface area contributed by atoms with E-state index in [1.807, 2.05) is 45.0 Å². The van der Waals surface area contributed by atoms with Crippen LogP contribution in [-0.2, 0) is 10.2 Å². The van der Waals surface area contributed by atoms with E-state index >= 15 is 0 Å². The van der Waals surface area contributed by atoms with Gasteiger partial charge in [0.2, 0.25) is 0 Å². The number of nitrogens with zero attached hydrogens (tertiary/aromatic N) is 1. The van der Waals surface area contributed by atoms with E-state index in [0.29, 0.717) is 18.1 Å². The smallest absolute Gasteiger partial charge is 0.410 e. The minimum atomic E-state index is -0.502. The Hall–Kier alpha value is -1.26. The normalized spacial score (nSPS) is 29.9. The molecule has 1 aliphatic heterocycles. The largest absolute Gasteiger partial charge is 0.444 e. The van der Waals surface area contributed by atoms with E-state index in [-0.39, 0.29) is 23.5 Å². The summed E-state index contributed by atoms with van der Waals surface area (Å²) >= 11 is 5.99. The molecule has 1 aromatic rings. The van der Waals surface area contributed by atoms with Crippen molar-refractivity contribution in [3.05, 3.63) is 34.9 Å². The molecule has 1 aromatic carbocycles. The summed E-state index contributed by atoms with van der Waals surface area (Å²) in [6.45, 7) is 6.87. The van der Waals surface area contributed by atoms with Crippen molar-refractivity contribution >= 4 is 17.7 Å². The molecule has 0 bridgehead atoms. The van der Waals surface area contributed by atoms with Gasteiger partial charge in [0.25, 0.3) is 0 Å². The van der Waals surface area contributed by atoms with E-state index in [2.05, 4.69) is 0 Å². The fourth-order valence-electron chi connectivity index (χ4n) is 3.93. The molecule has 2 fully saturated rings. The van der Waals surface area contributed by atoms with Crippen molar-refractivity contribution in [3.8, 4) is 0 Å². The maximum absolute atomic E-state index is 12.3. The minimum absolute atomic E-state index is 0.0369. The van der Waals surface area contributed by atoms with Gasteiger partial charge in [0.15, 0.2) is 0 Å². The van der Waals surface area contributed by atoms with E-state index in [1.165, 1.54) is 5.56 Å². The van der Waals surface area contributed by atoms with Gasteiger partial charge in [0.05, 0.1) is 6.61 Å². The van der Waals surface area contributed by atoms with Crippen LogP contribution in [0.25, 0.3) is 0 Å². The molecule has 1 N–H and O–H groups in total. The Labute approximate surface area is 142 Å². The summed E-state index contributed by atoms with van der Waals surface area (Å²) in [7, 11) is 0. The first-order chi connectivity index (χ1) is 10.7. The van der Waals surface area contributed by atoms with Gasteiger partial charge in [-0.05, 0) is 51.3 Å². The van der Waals surface area contributed by atoms with Gasteiger partial charge >= 0.3 is 6.09 Å². The van der Waals surface area contributed by atoms with Gasteiger partial charge in [0.1, 0.15) is 5.60 Å². The summed E-state index contributed by atoms with van der Waals surface area (Å²) in [5.41, 5.74) is 0.415. The molecule has 2 aliphatic rings. The van der Waals surface area contributed by atoms with Crippen molar-refractivity contribution in [3.63, 3.8) is 0 Å². The zero-order valence-corrected chi connectivity index (χ0v) is 14.7. The van der Waals surface area contributed by atoms with Crippen LogP contribution in [0.15, 0.2) is 24.3 Å². The van der Waals surface area contributed by atoms with Crippen LogP contribution in [0.2, 0.25) is 5.02 Å². The Morgan fingerprint density at radius 3 is 2.57 bits per heavy atom. The number of carbonyl (C=O) groups excluding carboxylic acids is 1. The maximum Gasteiger partial charge on any atom is 0.410 e. The highest BCUT2D eigenvalue weighted by atomic mass is 35.5. The molecule has 0 radical (unpaired) electrons. The van der Waals surface area contributed by atoms with Gasteiger partial charge in [-0.25, -0.2) is 4.79 Å². The number of halogens is 1. The lowest BCUT2D eigenvalue weighted by Gasteiger charge is -2.38. The summed E-state index contributed by atoms with van der Waals surface area (Å²) in [5.74, 6) is 0. The average Bonchev–Trinajstić information content (AvgIpc) is 3.16. The van der Waals surface area contributed by atoms with Crippen LogP contribution >= 0.6 is 11.6 Å². The minimum Gasteiger partial charge on any atom is -0.444 e. The number of aliphatic hydroxyl groups excluding tert-OH is 1. The topological polar surface area (TPSA) is 49.8 Å². The second kappa shape index (κ2) is 5.38. The number of hydrogen-bond donors (Lipinski definition) is 1. The van der Waals surface area contributed by atoms with Gasteiger partial charge in [-0.1, -0.05) is 23.7 Å². The van der Waals surface area contributed by atoms with E-state index in [1.54, 1.807) is 4.90 Å². The number of hydrogen-bond acceptors (Lipinski definition) is 3. The van der Waals surface area contributed by atoms with E-state index in [0.717, 1.165) is 12.8 Å². The Balaban J connectivity index is 1.78. The third-order valence-electron chi connectivity index (χ3n) is 5.18. The van der Waals surface area contributed by atoms with Crippen LogP contribution in [0.3, 0.4) is 0 Å². The summed E-state index contributed by atoms with van der Waals surface area (Å²) in [6.07, 6.45) is 1.45. The fourth-order valence-corrected chi connectivity index (χ4v) is 4.05. The highest BCUT2D eigenvalue weighted by Gasteiger charge is 2.70. The van der Waals surface area contributed by atoms with Crippen LogP contribution in [0.4, 0.5) is 4.79 Å². The van der Waals surface area contributed by atoms with Crippen LogP contribution in [-0.4, -0.2) is 41.4 Å². The molecule has 23 heavy (non-hydrogen) atoms. The van der Waals surface area contributed by atoms with Gasteiger partial charge in [-0.3, -0.25) is 0 Å². The lowest BCUT2D eigenvalue weighted by atomic mass is 9.81. The summed E-state index contributed by atoms with van der Waals surface area (Å²) in [5, 5.41) is 10.7. The highest BCUT2D eigenvalue weighted by Crippen LogP contribution is 2.68. The zero-order valence-electron chi connectivity index (χ0n) is 13.9. The Morgan fingerprint density at radius 2 is 2.00 bits per heavy atom. The molecule has 1 heterocycles. The molecule has 0 spiro atoms. The molecule has 3 rings (SSSR count). The monoisotopic (exact) mass is 337 g/mol. The molecule has 1 saturated heterocycles. The number of benzene rings is 1. The molecule has 1 saturated carbocycles. The predicted molar refractivity (Wildman–Crippen MR) is 89.7 cm³/mol. The SMILES string of the molecule is CC(C)(C)OC(=O)N1CCC2(c3ccc(Cl)cc3)CC2(CO)C1. The van der Waals surface area contributed by atoms with Gasteiger partial charge in [-0.15, -0.1) is 0 Å². The lowest BCUT2D eigenvalue weighted by Crippen LogP contribution is -2.48. The number of piperidine rings is 1. The number of carbonyl (C=O) groups is 1. The quantitative estimate of drug-likeness (QED) is 0.897. The summed E-state index contributed by atoms with van der Waals surface area (Å²) < 4.78 is 5.48.